The molecule has 0 unspecified atom stereocenters. The van der Waals surface area contributed by atoms with E-state index in [2.05, 4.69) is 31.8 Å². The van der Waals surface area contributed by atoms with Gasteiger partial charge in [-0.25, -0.2) is 0 Å². The van der Waals surface area contributed by atoms with Gasteiger partial charge in [-0.15, -0.1) is 0 Å². The maximum atomic E-state index is 6.21. The minimum atomic E-state index is -3.00. The molecule has 3 nitrogen and oxygen atoms in total. The zero-order chi connectivity index (χ0) is 14.7. The number of hydrogen-bond donors (Lipinski definition) is 0. The molecule has 0 aliphatic carbocycles. The maximum absolute atomic E-state index is 6.21. The molecule has 4 heteroatoms. The van der Waals surface area contributed by atoms with Crippen molar-refractivity contribution in [2.24, 2.45) is 0 Å². The zero-order valence-corrected chi connectivity index (χ0v) is 15.4. The van der Waals surface area contributed by atoms with Gasteiger partial charge in [0.1, 0.15) is 0 Å². The summed E-state index contributed by atoms with van der Waals surface area (Å²) < 4.78 is 19.4. The Labute approximate surface area is 127 Å². The predicted molar refractivity (Wildman–Crippen MR) is 85.6 cm³/mol. The standard InChI is InChI=1S/C16H30GeO3/c1-4-7-13-18-16-11-10-12-17(16,19-14-8-5-2)20-15-9-6-3/h10-12H,4-9,13-15H2,1-3H3. The Morgan fingerprint density at radius 3 is 1.95 bits per heavy atom. The second-order valence-electron chi connectivity index (χ2n) is 5.16. The molecule has 0 spiro atoms. The van der Waals surface area contributed by atoms with E-state index >= 15 is 0 Å². The van der Waals surface area contributed by atoms with Crippen LogP contribution in [0.1, 0.15) is 59.3 Å². The number of unbranched alkanes of at least 4 members (excludes halogenated alkanes) is 3. The molecule has 0 aromatic rings. The van der Waals surface area contributed by atoms with Gasteiger partial charge in [0.15, 0.2) is 0 Å². The van der Waals surface area contributed by atoms with E-state index in [1.165, 1.54) is 0 Å². The van der Waals surface area contributed by atoms with Gasteiger partial charge in [0.25, 0.3) is 0 Å². The molecule has 1 heterocycles. The van der Waals surface area contributed by atoms with Gasteiger partial charge in [-0.2, -0.15) is 0 Å². The van der Waals surface area contributed by atoms with Crippen molar-refractivity contribution in [2.75, 3.05) is 19.8 Å². The molecule has 0 aromatic carbocycles. The molecule has 0 saturated heterocycles. The quantitative estimate of drug-likeness (QED) is 0.388. The summed E-state index contributed by atoms with van der Waals surface area (Å²) in [6.45, 7) is 8.86. The molecule has 1 aliphatic heterocycles. The second kappa shape index (κ2) is 10.5. The summed E-state index contributed by atoms with van der Waals surface area (Å²) in [5.74, 6) is 0. The van der Waals surface area contributed by atoms with Gasteiger partial charge < -0.3 is 0 Å². The molecule has 0 aromatic heterocycles. The van der Waals surface area contributed by atoms with E-state index in [9.17, 15) is 0 Å². The fraction of sp³-hybridized carbons (Fsp3) is 0.750. The van der Waals surface area contributed by atoms with E-state index < -0.39 is 13.9 Å². The van der Waals surface area contributed by atoms with Crippen molar-refractivity contribution < 1.29 is 12.3 Å². The van der Waals surface area contributed by atoms with Gasteiger partial charge in [-0.3, -0.25) is 0 Å². The van der Waals surface area contributed by atoms with Crippen molar-refractivity contribution in [3.63, 3.8) is 0 Å². The third-order valence-corrected chi connectivity index (χ3v) is 9.37. The van der Waals surface area contributed by atoms with E-state index in [-0.39, 0.29) is 0 Å². The van der Waals surface area contributed by atoms with Crippen molar-refractivity contribution in [1.29, 1.82) is 0 Å². The average molecular weight is 343 g/mol. The van der Waals surface area contributed by atoms with Crippen LogP contribution in [0.15, 0.2) is 21.7 Å². The van der Waals surface area contributed by atoms with E-state index in [0.29, 0.717) is 0 Å². The molecule has 0 bridgehead atoms. The molecule has 1 rings (SSSR count). The number of ether oxygens (including phenoxy) is 1. The summed E-state index contributed by atoms with van der Waals surface area (Å²) in [6, 6.07) is 0. The predicted octanol–water partition coefficient (Wildman–Crippen LogP) is 4.41. The Bertz CT molecular complexity index is 303. The fourth-order valence-corrected chi connectivity index (χ4v) is 7.41. The van der Waals surface area contributed by atoms with Gasteiger partial charge in [-0.05, 0) is 0 Å². The Morgan fingerprint density at radius 1 is 0.850 bits per heavy atom. The van der Waals surface area contributed by atoms with Crippen molar-refractivity contribution in [2.45, 2.75) is 59.3 Å². The Morgan fingerprint density at radius 2 is 1.40 bits per heavy atom. The van der Waals surface area contributed by atoms with Crippen LogP contribution in [0.3, 0.4) is 0 Å². The van der Waals surface area contributed by atoms with Gasteiger partial charge >= 0.3 is 127 Å². The van der Waals surface area contributed by atoms with Gasteiger partial charge in [-0.1, -0.05) is 0 Å². The van der Waals surface area contributed by atoms with Gasteiger partial charge in [0, 0.05) is 0 Å². The topological polar surface area (TPSA) is 27.7 Å². The Hall–Kier alpha value is -0.257. The first kappa shape index (κ1) is 17.8. The monoisotopic (exact) mass is 344 g/mol. The first-order valence-electron chi connectivity index (χ1n) is 8.09. The van der Waals surface area contributed by atoms with E-state index in [1.54, 1.807) is 0 Å². The van der Waals surface area contributed by atoms with Crippen molar-refractivity contribution in [3.8, 4) is 0 Å². The Balaban J connectivity index is 2.59. The number of hydrogen-bond acceptors (Lipinski definition) is 3. The van der Waals surface area contributed by atoms with Gasteiger partial charge in [0.2, 0.25) is 0 Å². The Kier molecular flexibility index (Phi) is 9.31. The van der Waals surface area contributed by atoms with Gasteiger partial charge in [0.05, 0.1) is 0 Å². The summed E-state index contributed by atoms with van der Waals surface area (Å²) >= 11 is -3.00. The SMILES string of the molecule is CCCCO[C]1=CC=[CH][Ge]1([O]CCCC)[O]CCCC. The van der Waals surface area contributed by atoms with E-state index in [1.807, 2.05) is 6.08 Å². The molecule has 1 aliphatic rings. The molecule has 0 amide bonds. The van der Waals surface area contributed by atoms with E-state index in [0.717, 1.165) is 62.9 Å². The molecule has 0 radical (unpaired) electrons. The van der Waals surface area contributed by atoms with Crippen LogP contribution in [0.2, 0.25) is 0 Å². The summed E-state index contributed by atoms with van der Waals surface area (Å²) in [4.78, 5) is 2.16. The summed E-state index contributed by atoms with van der Waals surface area (Å²) in [6.07, 6.45) is 10.8. The molecule has 20 heavy (non-hydrogen) atoms. The van der Waals surface area contributed by atoms with Crippen molar-refractivity contribution >= 4 is 13.9 Å². The zero-order valence-electron chi connectivity index (χ0n) is 13.3. The molecule has 0 atom stereocenters. The summed E-state index contributed by atoms with van der Waals surface area (Å²) in [5.41, 5.74) is 0. The van der Waals surface area contributed by atoms with Crippen LogP contribution in [0, 0.1) is 0 Å². The first-order chi connectivity index (χ1) is 9.79. The molecular weight excluding hydrogens is 313 g/mol. The summed E-state index contributed by atoms with van der Waals surface area (Å²) in [7, 11) is 0. The van der Waals surface area contributed by atoms with Crippen LogP contribution in [-0.2, 0) is 12.3 Å². The average Bonchev–Trinajstić information content (AvgIpc) is 2.83. The number of allylic oxidation sites excluding steroid dienone is 2. The normalized spacial score (nSPS) is 16.4. The van der Waals surface area contributed by atoms with Crippen LogP contribution in [-0.4, -0.2) is 33.8 Å². The molecular formula is C16H30GeO3. The van der Waals surface area contributed by atoms with Crippen LogP contribution >= 0.6 is 0 Å². The van der Waals surface area contributed by atoms with Crippen molar-refractivity contribution in [1.82, 2.24) is 0 Å². The fourth-order valence-electron chi connectivity index (χ4n) is 1.95. The molecule has 0 fully saturated rings. The van der Waals surface area contributed by atoms with Crippen LogP contribution in [0.25, 0.3) is 0 Å². The summed E-state index contributed by atoms with van der Waals surface area (Å²) in [5, 5.41) is 0. The van der Waals surface area contributed by atoms with E-state index in [4.69, 9.17) is 12.3 Å². The second-order valence-corrected chi connectivity index (χ2v) is 10.9. The first-order valence-corrected chi connectivity index (χ1v) is 12.1. The number of rotatable bonds is 12. The third-order valence-electron chi connectivity index (χ3n) is 3.29. The molecule has 0 N–H and O–H groups in total. The van der Waals surface area contributed by atoms with Crippen molar-refractivity contribution in [3.05, 3.63) is 21.7 Å². The van der Waals surface area contributed by atoms with Crippen LogP contribution in [0.5, 0.6) is 0 Å². The third kappa shape index (κ3) is 5.62. The van der Waals surface area contributed by atoms with Crippen LogP contribution < -0.4 is 0 Å². The van der Waals surface area contributed by atoms with Crippen LogP contribution in [0.4, 0.5) is 0 Å². The minimum absolute atomic E-state index is 0.769. The molecule has 0 saturated carbocycles. The molecule has 116 valence electrons.